The number of carbonyl (C=O) groups is 5. The number of carbonyl (C=O) groups excluding carboxylic acids is 5. The summed E-state index contributed by atoms with van der Waals surface area (Å²) in [4.78, 5) is 69.5. The molecule has 57 heavy (non-hydrogen) atoms. The van der Waals surface area contributed by atoms with E-state index >= 15 is 0 Å². The average Bonchev–Trinajstić information content (AvgIpc) is 3.67. The number of nitriles is 1. The highest BCUT2D eigenvalue weighted by molar-refractivity contribution is 6.31. The molecule has 8 rings (SSSR count). The highest BCUT2D eigenvalue weighted by Crippen LogP contribution is 2.55. The molecule has 3 N–H and O–H groups in total. The smallest absolute Gasteiger partial charge is 0.262 e. The second-order valence-corrected chi connectivity index (χ2v) is 17.7. The van der Waals surface area contributed by atoms with Gasteiger partial charge in [-0.05, 0) is 78.9 Å². The van der Waals surface area contributed by atoms with Gasteiger partial charge in [0.25, 0.3) is 17.7 Å². The van der Waals surface area contributed by atoms with Gasteiger partial charge in [-0.1, -0.05) is 39.3 Å². The molecule has 0 spiro atoms. The number of amides is 5. The van der Waals surface area contributed by atoms with E-state index in [1.54, 1.807) is 30.3 Å². The number of hydrogen-bond acceptors (Lipinski definition) is 10. The van der Waals surface area contributed by atoms with Crippen molar-refractivity contribution in [1.82, 2.24) is 20.4 Å². The molecular weight excluding hydrogens is 748 g/mol. The molecule has 296 valence electrons. The zero-order chi connectivity index (χ0) is 40.6. The van der Waals surface area contributed by atoms with E-state index in [9.17, 15) is 34.3 Å². The molecule has 4 aliphatic heterocycles. The van der Waals surface area contributed by atoms with Gasteiger partial charge in [0.1, 0.15) is 24.0 Å². The lowest BCUT2D eigenvalue weighted by Crippen LogP contribution is -2.74. The number of aliphatic hydroxyl groups is 1. The fourth-order valence-electron chi connectivity index (χ4n) is 9.94. The minimum atomic E-state index is -1.00. The van der Waals surface area contributed by atoms with Gasteiger partial charge in [-0.25, -0.2) is 0 Å². The number of β-amino-alcohol motifs (C(OH)–C–C–N with tert-alkyl or cyclic N) is 1. The number of rotatable bonds is 8. The largest absolute Gasteiger partial charge is 0.489 e. The Morgan fingerprint density at radius 2 is 1.56 bits per heavy atom. The fraction of sp³-hybridized carbons (Fsp3) is 0.442. The number of piperidine rings is 2. The first-order valence-corrected chi connectivity index (χ1v) is 19.7. The third-order valence-electron chi connectivity index (χ3n) is 12.7. The molecule has 0 radical (unpaired) electrons. The van der Waals surface area contributed by atoms with Crippen molar-refractivity contribution in [3.8, 4) is 11.8 Å². The second kappa shape index (κ2) is 14.0. The zero-order valence-corrected chi connectivity index (χ0v) is 33.1. The summed E-state index contributed by atoms with van der Waals surface area (Å²) in [6, 6.07) is 16.9. The average molecular weight is 793 g/mol. The lowest BCUT2D eigenvalue weighted by atomic mass is 9.49. The summed E-state index contributed by atoms with van der Waals surface area (Å²) in [5, 5.41) is 26.7. The minimum absolute atomic E-state index is 0.0676. The first-order valence-electron chi connectivity index (χ1n) is 19.3. The van der Waals surface area contributed by atoms with Gasteiger partial charge in [-0.15, -0.1) is 0 Å². The number of halogens is 1. The Kier molecular flexibility index (Phi) is 9.45. The number of hydrogen-bond donors (Lipinski definition) is 3. The van der Waals surface area contributed by atoms with Crippen molar-refractivity contribution in [2.45, 2.75) is 90.3 Å². The summed E-state index contributed by atoms with van der Waals surface area (Å²) in [5.74, 6) is -1.69. The van der Waals surface area contributed by atoms with E-state index in [-0.39, 0.29) is 52.9 Å². The van der Waals surface area contributed by atoms with E-state index in [0.29, 0.717) is 67.5 Å². The Morgan fingerprint density at radius 1 is 0.947 bits per heavy atom. The Balaban J connectivity index is 0.838. The first-order chi connectivity index (χ1) is 27.0. The fourth-order valence-corrected chi connectivity index (χ4v) is 10.2. The molecule has 1 saturated carbocycles. The van der Waals surface area contributed by atoms with E-state index in [4.69, 9.17) is 16.3 Å². The van der Waals surface area contributed by atoms with Crippen LogP contribution in [0.3, 0.4) is 0 Å². The van der Waals surface area contributed by atoms with Crippen molar-refractivity contribution in [3.63, 3.8) is 0 Å². The second-order valence-electron chi connectivity index (χ2n) is 17.3. The van der Waals surface area contributed by atoms with Crippen LogP contribution in [0.4, 0.5) is 5.69 Å². The summed E-state index contributed by atoms with van der Waals surface area (Å²) in [7, 11) is 0. The Labute approximate surface area is 335 Å². The van der Waals surface area contributed by atoms with Gasteiger partial charge in [0.2, 0.25) is 11.8 Å². The number of benzene rings is 3. The molecule has 3 aromatic rings. The summed E-state index contributed by atoms with van der Waals surface area (Å²) < 4.78 is 6.36. The van der Waals surface area contributed by atoms with Crippen LogP contribution in [-0.2, 0) is 22.7 Å². The van der Waals surface area contributed by atoms with Crippen molar-refractivity contribution in [1.29, 1.82) is 5.26 Å². The molecule has 3 aromatic carbocycles. The molecule has 1 unspecified atom stereocenters. The SMILES string of the molecule is CC1(C)[C@H](NC(=O)c2ccc(N3CCC(O)(CN4Cc5cc6c(cc5C4)C(=O)N(C4CCC(=O)NC4=O)C6=O)CC3)cc2)C(C)(C)[C@H]1Oc1ccc(C#N)c(Cl)c1. The third kappa shape index (κ3) is 6.73. The van der Waals surface area contributed by atoms with Gasteiger partial charge in [-0.2, -0.15) is 5.26 Å². The summed E-state index contributed by atoms with van der Waals surface area (Å²) >= 11 is 6.24. The normalized spacial score (nSPS) is 24.6. The standard InChI is InChI=1S/C43H45ClN6O7/c1-41(2)39(42(3,4)40(41)57-29-10-7-25(20-45)32(44)19-29)47-35(52)24-5-8-28(9-6-24)49-15-13-43(56,14-16-49)23-48-21-26-17-30-31(18-27(26)22-48)38(55)50(37(30)54)33-11-12-34(51)46-36(33)53/h5-10,17-19,33,39-40,56H,11-16,21-23H2,1-4H3,(H,47,52)(H,46,51,53)/t33?,39-,40-. The molecule has 0 bridgehead atoms. The predicted octanol–water partition coefficient (Wildman–Crippen LogP) is 4.57. The minimum Gasteiger partial charge on any atom is -0.489 e. The number of imide groups is 2. The van der Waals surface area contributed by atoms with Crippen LogP contribution < -0.4 is 20.3 Å². The van der Waals surface area contributed by atoms with Gasteiger partial charge < -0.3 is 20.1 Å². The highest BCUT2D eigenvalue weighted by atomic mass is 35.5. The monoisotopic (exact) mass is 792 g/mol. The first kappa shape index (κ1) is 38.6. The number of anilines is 1. The van der Waals surface area contributed by atoms with E-state index in [0.717, 1.165) is 21.7 Å². The van der Waals surface area contributed by atoms with Gasteiger partial charge in [0, 0.05) is 73.3 Å². The van der Waals surface area contributed by atoms with Crippen molar-refractivity contribution < 1.29 is 33.8 Å². The van der Waals surface area contributed by atoms with Crippen molar-refractivity contribution >= 4 is 46.8 Å². The van der Waals surface area contributed by atoms with E-state index in [2.05, 4.69) is 54.2 Å². The maximum absolute atomic E-state index is 13.5. The zero-order valence-electron chi connectivity index (χ0n) is 32.4. The quantitative estimate of drug-likeness (QED) is 0.275. The molecule has 13 nitrogen and oxygen atoms in total. The van der Waals surface area contributed by atoms with E-state index in [1.807, 2.05) is 24.3 Å². The van der Waals surface area contributed by atoms with Crippen LogP contribution in [0.15, 0.2) is 54.6 Å². The van der Waals surface area contributed by atoms with Crippen molar-refractivity contribution in [2.75, 3.05) is 24.5 Å². The van der Waals surface area contributed by atoms with Crippen LogP contribution in [0.25, 0.3) is 0 Å². The molecular formula is C43H45ClN6O7. The molecule has 2 saturated heterocycles. The molecule has 0 aromatic heterocycles. The Morgan fingerprint density at radius 3 is 2.12 bits per heavy atom. The molecule has 1 aliphatic carbocycles. The van der Waals surface area contributed by atoms with Crippen LogP contribution in [-0.4, -0.2) is 87.9 Å². The van der Waals surface area contributed by atoms with Crippen molar-refractivity contribution in [3.05, 3.63) is 93.0 Å². The van der Waals surface area contributed by atoms with Crippen LogP contribution in [0.2, 0.25) is 5.02 Å². The Bertz CT molecular complexity index is 2200. The summed E-state index contributed by atoms with van der Waals surface area (Å²) in [6.45, 7) is 11.0. The predicted molar refractivity (Wildman–Crippen MR) is 209 cm³/mol. The van der Waals surface area contributed by atoms with Crippen LogP contribution >= 0.6 is 11.6 Å². The molecule has 4 heterocycles. The highest BCUT2D eigenvalue weighted by Gasteiger charge is 2.64. The maximum atomic E-state index is 13.5. The molecule has 5 amide bonds. The maximum Gasteiger partial charge on any atom is 0.262 e. The van der Waals surface area contributed by atoms with E-state index < -0.39 is 35.3 Å². The lowest BCUT2D eigenvalue weighted by molar-refractivity contribution is -0.164. The summed E-state index contributed by atoms with van der Waals surface area (Å²) in [6.07, 6.45) is 1.05. The van der Waals surface area contributed by atoms with Gasteiger partial charge in [0.05, 0.1) is 27.3 Å². The van der Waals surface area contributed by atoms with Crippen molar-refractivity contribution in [2.24, 2.45) is 10.8 Å². The van der Waals surface area contributed by atoms with Gasteiger partial charge >= 0.3 is 0 Å². The number of nitrogens with zero attached hydrogens (tertiary/aromatic N) is 4. The third-order valence-corrected chi connectivity index (χ3v) is 13.0. The molecule has 3 fully saturated rings. The van der Waals surface area contributed by atoms with Crippen LogP contribution in [0.1, 0.15) is 101 Å². The number of nitrogens with one attached hydrogen (secondary N) is 2. The van der Waals surface area contributed by atoms with Crippen LogP contribution in [0, 0.1) is 22.2 Å². The number of ether oxygens (including phenoxy) is 1. The van der Waals surface area contributed by atoms with Gasteiger partial charge in [0.15, 0.2) is 0 Å². The topological polar surface area (TPSA) is 172 Å². The van der Waals surface area contributed by atoms with Crippen LogP contribution in [0.5, 0.6) is 5.75 Å². The molecule has 1 atom stereocenters. The Hall–Kier alpha value is -5.29. The lowest BCUT2D eigenvalue weighted by Gasteiger charge is -2.63. The molecule has 14 heteroatoms. The van der Waals surface area contributed by atoms with Gasteiger partial charge in [-0.3, -0.25) is 39.1 Å². The summed E-state index contributed by atoms with van der Waals surface area (Å²) in [5.41, 5.74) is 2.56. The molecule has 5 aliphatic rings. The van der Waals surface area contributed by atoms with E-state index in [1.165, 1.54) is 0 Å². The number of fused-ring (bicyclic) bond motifs is 2.